The van der Waals surface area contributed by atoms with Gasteiger partial charge in [-0.25, -0.2) is 0 Å². The first-order chi connectivity index (χ1) is 30.2. The number of furan rings is 1. The summed E-state index contributed by atoms with van der Waals surface area (Å²) in [5, 5.41) is 7.17. The van der Waals surface area contributed by atoms with E-state index < -0.39 is 0 Å². The molecule has 0 unspecified atom stereocenters. The summed E-state index contributed by atoms with van der Waals surface area (Å²) in [5.41, 5.74) is 15.5. The number of hydrogen-bond donors (Lipinski definition) is 0. The third-order valence-corrected chi connectivity index (χ3v) is 12.2. The van der Waals surface area contributed by atoms with Crippen molar-refractivity contribution in [1.29, 1.82) is 0 Å². The summed E-state index contributed by atoms with van der Waals surface area (Å²) < 4.78 is 8.83. The van der Waals surface area contributed by atoms with Crippen LogP contribution in [0.3, 0.4) is 0 Å². The summed E-state index contributed by atoms with van der Waals surface area (Å²) in [5.74, 6) is 0. The highest BCUT2D eigenvalue weighted by Gasteiger charge is 2.21. The molecule has 12 rings (SSSR count). The Hall–Kier alpha value is -8.14. The van der Waals surface area contributed by atoms with Crippen molar-refractivity contribution in [1.82, 2.24) is 4.57 Å². The molecule has 3 heteroatoms. The molecule has 0 aliphatic heterocycles. The average Bonchev–Trinajstić information content (AvgIpc) is 3.88. The summed E-state index contributed by atoms with van der Waals surface area (Å²) in [6.45, 7) is 0. The number of anilines is 3. The van der Waals surface area contributed by atoms with Crippen molar-refractivity contribution in [3.05, 3.63) is 231 Å². The molecule has 10 aromatic carbocycles. The van der Waals surface area contributed by atoms with Crippen LogP contribution >= 0.6 is 0 Å². The maximum Gasteiger partial charge on any atom is 0.137 e. The van der Waals surface area contributed by atoms with Gasteiger partial charge in [0.1, 0.15) is 11.2 Å². The third kappa shape index (κ3) is 5.90. The van der Waals surface area contributed by atoms with Gasteiger partial charge in [0.2, 0.25) is 0 Å². The highest BCUT2D eigenvalue weighted by Crippen LogP contribution is 2.44. The highest BCUT2D eigenvalue weighted by atomic mass is 16.3. The fourth-order valence-electron chi connectivity index (χ4n) is 9.33. The van der Waals surface area contributed by atoms with E-state index in [1.807, 2.05) is 12.1 Å². The Labute approximate surface area is 353 Å². The topological polar surface area (TPSA) is 21.3 Å². The zero-order valence-electron chi connectivity index (χ0n) is 33.2. The Kier molecular flexibility index (Phi) is 8.17. The van der Waals surface area contributed by atoms with Crippen LogP contribution in [0.1, 0.15) is 0 Å². The van der Waals surface area contributed by atoms with E-state index >= 15 is 0 Å². The summed E-state index contributed by atoms with van der Waals surface area (Å²) >= 11 is 0. The normalized spacial score (nSPS) is 11.6. The molecule has 3 nitrogen and oxygen atoms in total. The molecule has 0 amide bonds. The van der Waals surface area contributed by atoms with Crippen molar-refractivity contribution in [3.63, 3.8) is 0 Å². The van der Waals surface area contributed by atoms with E-state index in [4.69, 9.17) is 4.42 Å². The SMILES string of the molecule is c1cc(-c2ccc(N(c3cccc(-c4ccc5ccccc5c4)c3)c3cccc4oc5ccccc5c34)cc2)cc(-c2ccccc2-n2c3ccccc3c3ccccc32)c1. The minimum Gasteiger partial charge on any atom is -0.456 e. The molecular formula is C58H38N2O. The van der Waals surface area contributed by atoms with E-state index in [2.05, 4.69) is 228 Å². The summed E-state index contributed by atoms with van der Waals surface area (Å²) in [6, 6.07) is 82.9. The van der Waals surface area contributed by atoms with E-state index in [1.165, 1.54) is 49.3 Å². The zero-order valence-corrected chi connectivity index (χ0v) is 33.2. The fourth-order valence-corrected chi connectivity index (χ4v) is 9.33. The minimum atomic E-state index is 0.865. The van der Waals surface area contributed by atoms with Crippen LogP contribution in [0.2, 0.25) is 0 Å². The molecule has 0 N–H and O–H groups in total. The summed E-state index contributed by atoms with van der Waals surface area (Å²) in [7, 11) is 0. The monoisotopic (exact) mass is 778 g/mol. The van der Waals surface area contributed by atoms with Crippen molar-refractivity contribution >= 4 is 71.6 Å². The van der Waals surface area contributed by atoms with E-state index in [0.717, 1.165) is 61.4 Å². The number of fused-ring (bicyclic) bond motifs is 7. The molecule has 0 bridgehead atoms. The predicted octanol–water partition coefficient (Wildman–Crippen LogP) is 16.3. The molecule has 12 aromatic rings. The minimum absolute atomic E-state index is 0.865. The summed E-state index contributed by atoms with van der Waals surface area (Å²) in [6.07, 6.45) is 0. The Morgan fingerprint density at radius 1 is 0.344 bits per heavy atom. The molecule has 0 aliphatic rings. The van der Waals surface area contributed by atoms with Gasteiger partial charge in [-0.1, -0.05) is 158 Å². The van der Waals surface area contributed by atoms with Gasteiger partial charge >= 0.3 is 0 Å². The molecule has 0 aliphatic carbocycles. The molecule has 0 spiro atoms. The lowest BCUT2D eigenvalue weighted by Crippen LogP contribution is -2.10. The van der Waals surface area contributed by atoms with Crippen LogP contribution in [0.25, 0.3) is 93.6 Å². The molecule has 0 atom stereocenters. The van der Waals surface area contributed by atoms with Crippen molar-refractivity contribution in [2.75, 3.05) is 4.90 Å². The van der Waals surface area contributed by atoms with E-state index in [9.17, 15) is 0 Å². The second-order valence-electron chi connectivity index (χ2n) is 15.7. The molecule has 2 aromatic heterocycles. The Morgan fingerprint density at radius 3 is 1.75 bits per heavy atom. The summed E-state index contributed by atoms with van der Waals surface area (Å²) in [4.78, 5) is 2.37. The van der Waals surface area contributed by atoms with Crippen molar-refractivity contribution < 1.29 is 4.42 Å². The highest BCUT2D eigenvalue weighted by molar-refractivity contribution is 6.13. The molecule has 0 radical (unpaired) electrons. The van der Waals surface area contributed by atoms with Crippen molar-refractivity contribution in [2.24, 2.45) is 0 Å². The van der Waals surface area contributed by atoms with Gasteiger partial charge in [0.05, 0.1) is 27.8 Å². The van der Waals surface area contributed by atoms with Crippen LogP contribution in [0.5, 0.6) is 0 Å². The average molecular weight is 779 g/mol. The molecule has 286 valence electrons. The molecule has 0 fully saturated rings. The van der Waals surface area contributed by atoms with Crippen molar-refractivity contribution in [2.45, 2.75) is 0 Å². The lowest BCUT2D eigenvalue weighted by atomic mass is 9.97. The van der Waals surface area contributed by atoms with Gasteiger partial charge in [-0.3, -0.25) is 0 Å². The van der Waals surface area contributed by atoms with Gasteiger partial charge in [0, 0.05) is 33.1 Å². The number of nitrogens with zero attached hydrogens (tertiary/aromatic N) is 2. The van der Waals surface area contributed by atoms with Gasteiger partial charge in [0.15, 0.2) is 0 Å². The first kappa shape index (κ1) is 34.9. The molecule has 2 heterocycles. The van der Waals surface area contributed by atoms with Crippen LogP contribution < -0.4 is 4.90 Å². The van der Waals surface area contributed by atoms with Crippen LogP contribution in [-0.2, 0) is 0 Å². The number of rotatable bonds is 7. The number of para-hydroxylation sites is 4. The second kappa shape index (κ2) is 14.3. The fraction of sp³-hybridized carbons (Fsp3) is 0. The number of hydrogen-bond acceptors (Lipinski definition) is 2. The van der Waals surface area contributed by atoms with Gasteiger partial charge in [-0.15, -0.1) is 0 Å². The third-order valence-electron chi connectivity index (χ3n) is 12.2. The maximum absolute atomic E-state index is 6.42. The van der Waals surface area contributed by atoms with Gasteiger partial charge in [-0.05, 0) is 111 Å². The smallest absolute Gasteiger partial charge is 0.137 e. The van der Waals surface area contributed by atoms with Gasteiger partial charge < -0.3 is 13.9 Å². The maximum atomic E-state index is 6.42. The second-order valence-corrected chi connectivity index (χ2v) is 15.7. The number of benzene rings is 10. The Morgan fingerprint density at radius 2 is 0.934 bits per heavy atom. The Balaban J connectivity index is 0.969. The zero-order chi connectivity index (χ0) is 40.3. The standard InChI is InChI=1S/C58H38N2O/c1-2-15-41-36-44(31-30-39(41)14-1)43-17-12-19-47(38-43)59(55-27-13-29-57-58(55)51-23-6-10-28-56(51)61-57)46-34-32-40(33-35-46)42-16-11-18-45(37-42)48-20-3-7-24-52(48)60-53-25-8-4-21-49(53)50-22-5-9-26-54(50)60/h1-38H. The van der Waals surface area contributed by atoms with Gasteiger partial charge in [-0.2, -0.15) is 0 Å². The van der Waals surface area contributed by atoms with E-state index in [1.54, 1.807) is 0 Å². The van der Waals surface area contributed by atoms with Crippen LogP contribution in [-0.4, -0.2) is 4.57 Å². The quantitative estimate of drug-likeness (QED) is 0.161. The lowest BCUT2D eigenvalue weighted by molar-refractivity contribution is 0.669. The van der Waals surface area contributed by atoms with Crippen LogP contribution in [0.15, 0.2) is 235 Å². The van der Waals surface area contributed by atoms with E-state index in [-0.39, 0.29) is 0 Å². The first-order valence-electron chi connectivity index (χ1n) is 20.8. The van der Waals surface area contributed by atoms with E-state index in [0.29, 0.717) is 0 Å². The predicted molar refractivity (Wildman–Crippen MR) is 257 cm³/mol. The van der Waals surface area contributed by atoms with Crippen LogP contribution in [0, 0.1) is 0 Å². The number of aromatic nitrogens is 1. The van der Waals surface area contributed by atoms with Crippen LogP contribution in [0.4, 0.5) is 17.1 Å². The van der Waals surface area contributed by atoms with Crippen molar-refractivity contribution in [3.8, 4) is 39.1 Å². The molecule has 0 saturated heterocycles. The largest absolute Gasteiger partial charge is 0.456 e. The molecule has 61 heavy (non-hydrogen) atoms. The Bertz CT molecular complexity index is 3560. The first-order valence-corrected chi connectivity index (χ1v) is 20.8. The van der Waals surface area contributed by atoms with Gasteiger partial charge in [0.25, 0.3) is 0 Å². The molecular weight excluding hydrogens is 741 g/mol. The molecule has 0 saturated carbocycles. The lowest BCUT2D eigenvalue weighted by Gasteiger charge is -2.27.